The predicted octanol–water partition coefficient (Wildman–Crippen LogP) is 7.79. The number of fused-ring (bicyclic) bond motifs is 1. The van der Waals surface area contributed by atoms with Crippen LogP contribution in [0.5, 0.6) is 11.5 Å². The van der Waals surface area contributed by atoms with Crippen molar-refractivity contribution in [2.75, 3.05) is 56.7 Å². The molecule has 0 spiro atoms. The van der Waals surface area contributed by atoms with Crippen molar-refractivity contribution in [2.45, 2.75) is 77.2 Å². The lowest BCUT2D eigenvalue weighted by Crippen LogP contribution is -2.58. The lowest BCUT2D eigenvalue weighted by molar-refractivity contribution is -0.137. The molecule has 10 heteroatoms. The maximum Gasteiger partial charge on any atom is 0.243 e. The molecule has 4 aliphatic heterocycles. The van der Waals surface area contributed by atoms with Crippen LogP contribution in [0.4, 0.5) is 5.69 Å². The first kappa shape index (κ1) is 41.1. The second-order valence-electron chi connectivity index (χ2n) is 17.0. The van der Waals surface area contributed by atoms with E-state index in [1.807, 2.05) is 18.2 Å². The number of benzene rings is 4. The average molecular weight is 816 g/mol. The summed E-state index contributed by atoms with van der Waals surface area (Å²) in [5.74, 6) is 2.01. The Bertz CT molecular complexity index is 2090. The van der Waals surface area contributed by atoms with Gasteiger partial charge >= 0.3 is 0 Å². The molecule has 0 aromatic heterocycles. The number of likely N-dealkylation sites (tertiary alicyclic amines) is 1. The van der Waals surface area contributed by atoms with E-state index in [-0.39, 0.29) is 23.6 Å². The molecule has 2 amide bonds. The number of anilines is 1. The van der Waals surface area contributed by atoms with Crippen LogP contribution in [0.25, 0.3) is 11.1 Å². The Morgan fingerprint density at radius 1 is 0.797 bits per heavy atom. The first-order valence-electron chi connectivity index (χ1n) is 21.5. The van der Waals surface area contributed by atoms with Gasteiger partial charge in [-0.05, 0) is 134 Å². The summed E-state index contributed by atoms with van der Waals surface area (Å²) in [5, 5.41) is 12.5. The summed E-state index contributed by atoms with van der Waals surface area (Å²) in [6.45, 7) is 13.3. The number of halogens is 1. The van der Waals surface area contributed by atoms with Gasteiger partial charge in [-0.3, -0.25) is 29.6 Å². The van der Waals surface area contributed by atoms with Gasteiger partial charge in [0.2, 0.25) is 11.8 Å². The molecule has 0 aliphatic carbocycles. The Hall–Kier alpha value is -4.67. The van der Waals surface area contributed by atoms with Crippen LogP contribution in [0.2, 0.25) is 0 Å². The molecule has 0 bridgehead atoms. The second kappa shape index (κ2) is 18.7. The largest absolute Gasteiger partial charge is 0.508 e. The quantitative estimate of drug-likeness (QED) is 0.0804. The molecule has 2 N–H and O–H groups in total. The van der Waals surface area contributed by atoms with Gasteiger partial charge in [0.25, 0.3) is 0 Å². The molecule has 4 aromatic carbocycles. The molecule has 4 aromatic rings. The first-order valence-corrected chi connectivity index (χ1v) is 22.1. The van der Waals surface area contributed by atoms with Crippen LogP contribution >= 0.6 is 11.6 Å². The van der Waals surface area contributed by atoms with Gasteiger partial charge in [-0.2, -0.15) is 0 Å². The molecule has 310 valence electrons. The van der Waals surface area contributed by atoms with E-state index in [1.54, 1.807) is 12.1 Å². The van der Waals surface area contributed by atoms with Gasteiger partial charge < -0.3 is 14.7 Å². The molecule has 8 rings (SSSR count). The van der Waals surface area contributed by atoms with Crippen molar-refractivity contribution in [1.29, 1.82) is 0 Å². The number of hydrogen-bond acceptors (Lipinski definition) is 8. The Labute approximate surface area is 354 Å². The summed E-state index contributed by atoms with van der Waals surface area (Å²) < 4.78 is 6.29. The number of ether oxygens (including phenoxy) is 1. The Morgan fingerprint density at radius 2 is 1.47 bits per heavy atom. The monoisotopic (exact) mass is 815 g/mol. The highest BCUT2D eigenvalue weighted by atomic mass is 35.5. The van der Waals surface area contributed by atoms with Crippen LogP contribution in [-0.4, -0.2) is 102 Å². The van der Waals surface area contributed by atoms with E-state index in [2.05, 4.69) is 105 Å². The predicted molar refractivity (Wildman–Crippen MR) is 237 cm³/mol. The van der Waals surface area contributed by atoms with Crippen LogP contribution in [-0.2, 0) is 22.7 Å². The van der Waals surface area contributed by atoms with Crippen LogP contribution in [0, 0.1) is 5.92 Å². The van der Waals surface area contributed by atoms with Crippen LogP contribution in [0.15, 0.2) is 97.1 Å². The SMILES string of the molecule is CC1CN(CC2CCN(CCOc3ccc(C(=C(CCCl)c4ccccc4)c4ccc(O)cc4)cc3)CC2)CC(C)N1c1ccc2c(c1)CN(C1CCC(=O)NC1=O)C2. The highest BCUT2D eigenvalue weighted by molar-refractivity contribution is 6.18. The zero-order valence-electron chi connectivity index (χ0n) is 34.5. The number of phenolic OH excluding ortho intramolecular Hbond substituents is 1. The van der Waals surface area contributed by atoms with Crippen LogP contribution in [0.3, 0.4) is 0 Å². The van der Waals surface area contributed by atoms with Gasteiger partial charge in [-0.1, -0.05) is 60.7 Å². The fraction of sp³-hybridized carbons (Fsp3) is 0.429. The average Bonchev–Trinajstić information content (AvgIpc) is 3.66. The Balaban J connectivity index is 0.803. The summed E-state index contributed by atoms with van der Waals surface area (Å²) in [5.41, 5.74) is 9.40. The molecule has 3 saturated heterocycles. The first-order chi connectivity index (χ1) is 28.7. The van der Waals surface area contributed by atoms with E-state index in [0.717, 1.165) is 86.8 Å². The number of nitrogens with one attached hydrogen (secondary N) is 1. The molecule has 4 heterocycles. The van der Waals surface area contributed by atoms with E-state index in [9.17, 15) is 14.7 Å². The zero-order valence-corrected chi connectivity index (χ0v) is 35.2. The molecular weight excluding hydrogens is 758 g/mol. The molecule has 3 atom stereocenters. The number of allylic oxidation sites excluding steroid dienone is 1. The standard InChI is InChI=1S/C49H58ClN5O4/c1-34-29-53(30-35(2)55(34)42-13-8-40-32-54(33-41(40)28-42)46-18-19-47(57)51-49(46)58)31-36-21-24-52(25-22-36)26-27-59-44-16-11-39(12-17-44)48(38-9-14-43(56)15-10-38)45(20-23-50)37-6-4-3-5-7-37/h3-17,28,34-36,46,56H,18-27,29-33H2,1-2H3,(H,51,57,58). The smallest absolute Gasteiger partial charge is 0.243 e. The number of alkyl halides is 1. The van der Waals surface area contributed by atoms with Crippen molar-refractivity contribution in [3.63, 3.8) is 0 Å². The van der Waals surface area contributed by atoms with Gasteiger partial charge in [0, 0.05) is 69.3 Å². The van der Waals surface area contributed by atoms with E-state index in [4.69, 9.17) is 16.3 Å². The highest BCUT2D eigenvalue weighted by Gasteiger charge is 2.36. The molecule has 4 aliphatic rings. The number of rotatable bonds is 13. The maximum atomic E-state index is 12.5. The minimum Gasteiger partial charge on any atom is -0.508 e. The topological polar surface area (TPSA) is 88.6 Å². The summed E-state index contributed by atoms with van der Waals surface area (Å²) in [6.07, 6.45) is 4.16. The lowest BCUT2D eigenvalue weighted by Gasteiger charge is -2.47. The number of nitrogens with zero attached hydrogens (tertiary/aromatic N) is 4. The van der Waals surface area contributed by atoms with Gasteiger partial charge in [0.05, 0.1) is 6.04 Å². The minimum absolute atomic E-state index is 0.154. The molecule has 0 radical (unpaired) electrons. The van der Waals surface area contributed by atoms with Crippen molar-refractivity contribution in [1.82, 2.24) is 20.0 Å². The molecule has 3 fully saturated rings. The number of amides is 2. The van der Waals surface area contributed by atoms with E-state index >= 15 is 0 Å². The van der Waals surface area contributed by atoms with E-state index in [1.165, 1.54) is 35.2 Å². The number of hydrogen-bond donors (Lipinski definition) is 2. The number of piperidine rings is 2. The molecule has 59 heavy (non-hydrogen) atoms. The van der Waals surface area contributed by atoms with Crippen LogP contribution < -0.4 is 15.0 Å². The summed E-state index contributed by atoms with van der Waals surface area (Å²) in [4.78, 5) is 34.3. The third-order valence-corrected chi connectivity index (χ3v) is 13.0. The Morgan fingerprint density at radius 3 is 2.15 bits per heavy atom. The molecule has 0 saturated carbocycles. The zero-order chi connectivity index (χ0) is 40.9. The highest BCUT2D eigenvalue weighted by Crippen LogP contribution is 2.37. The van der Waals surface area contributed by atoms with Gasteiger partial charge in [-0.25, -0.2) is 0 Å². The molecule has 3 unspecified atom stereocenters. The number of aromatic hydroxyl groups is 1. The van der Waals surface area contributed by atoms with Gasteiger partial charge in [-0.15, -0.1) is 11.6 Å². The summed E-state index contributed by atoms with van der Waals surface area (Å²) in [6, 6.07) is 33.6. The fourth-order valence-electron chi connectivity index (χ4n) is 9.97. The molecule has 9 nitrogen and oxygen atoms in total. The molecular formula is C49H58ClN5O4. The van der Waals surface area contributed by atoms with Crippen LogP contribution in [0.1, 0.15) is 73.8 Å². The fourth-order valence-corrected chi connectivity index (χ4v) is 10.2. The number of carbonyl (C=O) groups excluding carboxylic acids is 2. The lowest BCUT2D eigenvalue weighted by atomic mass is 9.88. The third-order valence-electron chi connectivity index (χ3n) is 12.8. The van der Waals surface area contributed by atoms with Crippen molar-refractivity contribution in [3.05, 3.63) is 125 Å². The van der Waals surface area contributed by atoms with Crippen molar-refractivity contribution in [3.8, 4) is 11.5 Å². The van der Waals surface area contributed by atoms with Gasteiger partial charge in [0.1, 0.15) is 18.1 Å². The number of piperazine rings is 1. The van der Waals surface area contributed by atoms with Gasteiger partial charge in [0.15, 0.2) is 0 Å². The maximum absolute atomic E-state index is 12.5. The van der Waals surface area contributed by atoms with Crippen molar-refractivity contribution >= 4 is 40.2 Å². The van der Waals surface area contributed by atoms with Crippen molar-refractivity contribution < 1.29 is 19.4 Å². The van der Waals surface area contributed by atoms with E-state index < -0.39 is 0 Å². The van der Waals surface area contributed by atoms with E-state index in [0.29, 0.717) is 43.3 Å². The third kappa shape index (κ3) is 9.70. The number of phenols is 1. The Kier molecular flexibility index (Phi) is 13.0. The number of carbonyl (C=O) groups is 2. The summed E-state index contributed by atoms with van der Waals surface area (Å²) in [7, 11) is 0. The second-order valence-corrected chi connectivity index (χ2v) is 17.4. The minimum atomic E-state index is -0.230. The normalized spacial score (nSPS) is 22.6. The summed E-state index contributed by atoms with van der Waals surface area (Å²) >= 11 is 6.35. The van der Waals surface area contributed by atoms with Crippen molar-refractivity contribution in [2.24, 2.45) is 5.92 Å². The number of imide groups is 1.